The molecule has 0 saturated heterocycles. The van der Waals surface area contributed by atoms with Crippen LogP contribution in [0.4, 0.5) is 0 Å². The lowest BCUT2D eigenvalue weighted by molar-refractivity contribution is 0.461. The highest BCUT2D eigenvalue weighted by atomic mass is 32.2. The fraction of sp³-hybridized carbons (Fsp3) is 0.667. The van der Waals surface area contributed by atoms with Crippen molar-refractivity contribution in [2.45, 2.75) is 32.6 Å². The summed E-state index contributed by atoms with van der Waals surface area (Å²) >= 11 is 1.49. The highest BCUT2D eigenvalue weighted by Gasteiger charge is 2.22. The molecular formula is C9H16N2O2S2. The van der Waals surface area contributed by atoms with Crippen LogP contribution in [0.25, 0.3) is 0 Å². The first-order valence-electron chi connectivity index (χ1n) is 4.69. The molecule has 1 rings (SSSR count). The molecule has 86 valence electrons. The van der Waals surface area contributed by atoms with Crippen LogP contribution in [0.1, 0.15) is 24.4 Å². The molecule has 0 aromatic carbocycles. The van der Waals surface area contributed by atoms with Crippen LogP contribution in [0, 0.1) is 6.92 Å². The van der Waals surface area contributed by atoms with Gasteiger partial charge in [-0.05, 0) is 20.8 Å². The number of hydrogen-bond acceptors (Lipinski definition) is 4. The van der Waals surface area contributed by atoms with Crippen molar-refractivity contribution in [3.63, 3.8) is 0 Å². The van der Waals surface area contributed by atoms with Gasteiger partial charge in [-0.3, -0.25) is 0 Å². The molecule has 0 saturated carbocycles. The van der Waals surface area contributed by atoms with Crippen LogP contribution in [0.3, 0.4) is 0 Å². The number of rotatable bonds is 4. The summed E-state index contributed by atoms with van der Waals surface area (Å²) < 4.78 is 24.9. The second-order valence-corrected chi connectivity index (χ2v) is 7.25. The zero-order valence-electron chi connectivity index (χ0n) is 9.39. The minimum atomic E-state index is -3.16. The summed E-state index contributed by atoms with van der Waals surface area (Å²) in [4.78, 5) is 5.10. The maximum atomic E-state index is 11.8. The maximum Gasteiger partial charge on any atom is 0.216 e. The Balaban J connectivity index is 2.81. The Bertz CT molecular complexity index is 423. The number of aryl methyl sites for hydroxylation is 1. The summed E-state index contributed by atoms with van der Waals surface area (Å²) in [7, 11) is -1.55. The van der Waals surface area contributed by atoms with Crippen molar-refractivity contribution < 1.29 is 8.42 Å². The van der Waals surface area contributed by atoms with Crippen molar-refractivity contribution in [1.29, 1.82) is 0 Å². The smallest absolute Gasteiger partial charge is 0.216 e. The molecule has 0 atom stereocenters. The van der Waals surface area contributed by atoms with E-state index in [1.807, 2.05) is 6.92 Å². The van der Waals surface area contributed by atoms with Crippen molar-refractivity contribution in [2.75, 3.05) is 7.05 Å². The van der Waals surface area contributed by atoms with Crippen molar-refractivity contribution in [2.24, 2.45) is 0 Å². The second-order valence-electron chi connectivity index (χ2n) is 3.71. The minimum absolute atomic E-state index is 0.379. The van der Waals surface area contributed by atoms with Gasteiger partial charge in [0.05, 0.1) is 16.5 Å². The average molecular weight is 248 g/mol. The van der Waals surface area contributed by atoms with Crippen LogP contribution in [-0.2, 0) is 16.6 Å². The maximum absolute atomic E-state index is 11.8. The lowest BCUT2D eigenvalue weighted by Gasteiger charge is -2.18. The van der Waals surface area contributed by atoms with Gasteiger partial charge in [-0.1, -0.05) is 0 Å². The predicted octanol–water partition coefficient (Wildman–Crippen LogP) is 1.62. The Morgan fingerprint density at radius 3 is 2.53 bits per heavy atom. The highest BCUT2D eigenvalue weighted by Crippen LogP contribution is 2.17. The lowest BCUT2D eigenvalue weighted by atomic mass is 10.4. The zero-order valence-corrected chi connectivity index (χ0v) is 11.0. The number of sulfonamides is 1. The lowest BCUT2D eigenvalue weighted by Crippen LogP contribution is -2.32. The molecule has 0 fully saturated rings. The van der Waals surface area contributed by atoms with Crippen molar-refractivity contribution >= 4 is 21.4 Å². The van der Waals surface area contributed by atoms with Crippen LogP contribution >= 0.6 is 11.3 Å². The Hall–Kier alpha value is -0.460. The van der Waals surface area contributed by atoms with Gasteiger partial charge in [-0.2, -0.15) is 4.31 Å². The second kappa shape index (κ2) is 4.59. The molecule has 0 aliphatic heterocycles. The summed E-state index contributed by atoms with van der Waals surface area (Å²) in [5.74, 6) is 0. The predicted molar refractivity (Wildman–Crippen MR) is 62.4 cm³/mol. The van der Waals surface area contributed by atoms with E-state index in [0.29, 0.717) is 6.54 Å². The van der Waals surface area contributed by atoms with Gasteiger partial charge < -0.3 is 0 Å². The molecule has 1 aromatic heterocycles. The molecule has 6 heteroatoms. The Kier molecular flexibility index (Phi) is 3.86. The Labute approximate surface area is 95.0 Å². The number of hydrogen-bond donors (Lipinski definition) is 0. The monoisotopic (exact) mass is 248 g/mol. The van der Waals surface area contributed by atoms with E-state index in [2.05, 4.69) is 4.98 Å². The van der Waals surface area contributed by atoms with Crippen LogP contribution < -0.4 is 0 Å². The third-order valence-electron chi connectivity index (χ3n) is 2.24. The van der Waals surface area contributed by atoms with Crippen LogP contribution in [-0.4, -0.2) is 30.0 Å². The Morgan fingerprint density at radius 2 is 2.13 bits per heavy atom. The Morgan fingerprint density at radius 1 is 1.53 bits per heavy atom. The van der Waals surface area contributed by atoms with E-state index in [0.717, 1.165) is 10.6 Å². The summed E-state index contributed by atoms with van der Waals surface area (Å²) in [5.41, 5.74) is 2.64. The zero-order chi connectivity index (χ0) is 11.6. The van der Waals surface area contributed by atoms with E-state index in [-0.39, 0.29) is 5.25 Å². The summed E-state index contributed by atoms with van der Waals surface area (Å²) in [6.45, 7) is 5.68. The topological polar surface area (TPSA) is 50.3 Å². The van der Waals surface area contributed by atoms with Crippen LogP contribution in [0.5, 0.6) is 0 Å². The van der Waals surface area contributed by atoms with Gasteiger partial charge >= 0.3 is 0 Å². The SMILES string of the molecule is Cc1ncsc1CN(C)S(=O)(=O)C(C)C. The molecule has 0 unspecified atom stereocenters. The molecule has 1 heterocycles. The molecule has 4 nitrogen and oxygen atoms in total. The van der Waals surface area contributed by atoms with E-state index < -0.39 is 10.0 Å². The molecule has 0 aliphatic rings. The first-order valence-corrected chi connectivity index (χ1v) is 7.08. The first-order chi connectivity index (χ1) is 6.85. The molecule has 1 aromatic rings. The van der Waals surface area contributed by atoms with Crippen molar-refractivity contribution in [3.8, 4) is 0 Å². The largest absolute Gasteiger partial charge is 0.250 e. The first kappa shape index (κ1) is 12.6. The third kappa shape index (κ3) is 2.76. The normalized spacial score (nSPS) is 12.7. The van der Waals surface area contributed by atoms with Gasteiger partial charge in [0.1, 0.15) is 0 Å². The molecule has 0 aliphatic carbocycles. The number of thiazole rings is 1. The molecule has 0 spiro atoms. The number of nitrogens with zero attached hydrogens (tertiary/aromatic N) is 2. The molecule has 15 heavy (non-hydrogen) atoms. The van der Waals surface area contributed by atoms with Crippen LogP contribution in [0.2, 0.25) is 0 Å². The third-order valence-corrected chi connectivity index (χ3v) is 5.35. The molecular weight excluding hydrogens is 232 g/mol. The van der Waals surface area contributed by atoms with Gasteiger partial charge in [0, 0.05) is 18.5 Å². The highest BCUT2D eigenvalue weighted by molar-refractivity contribution is 7.89. The van der Waals surface area contributed by atoms with E-state index >= 15 is 0 Å². The van der Waals surface area contributed by atoms with Crippen molar-refractivity contribution in [1.82, 2.24) is 9.29 Å². The van der Waals surface area contributed by atoms with Gasteiger partial charge in [0.15, 0.2) is 0 Å². The average Bonchev–Trinajstić information content (AvgIpc) is 2.51. The minimum Gasteiger partial charge on any atom is -0.250 e. The quantitative estimate of drug-likeness (QED) is 0.813. The van der Waals surface area contributed by atoms with E-state index in [1.54, 1.807) is 26.4 Å². The summed E-state index contributed by atoms with van der Waals surface area (Å²) in [6, 6.07) is 0. The van der Waals surface area contributed by atoms with Crippen molar-refractivity contribution in [3.05, 3.63) is 16.1 Å². The van der Waals surface area contributed by atoms with E-state index in [9.17, 15) is 8.42 Å². The fourth-order valence-electron chi connectivity index (χ4n) is 1.13. The van der Waals surface area contributed by atoms with Crippen LogP contribution in [0.15, 0.2) is 5.51 Å². The van der Waals surface area contributed by atoms with Gasteiger partial charge in [-0.25, -0.2) is 13.4 Å². The summed E-state index contributed by atoms with van der Waals surface area (Å²) in [6.07, 6.45) is 0. The number of aromatic nitrogens is 1. The standard InChI is InChI=1S/C9H16N2O2S2/c1-7(2)15(12,13)11(4)5-9-8(3)10-6-14-9/h6-7H,5H2,1-4H3. The van der Waals surface area contributed by atoms with E-state index in [1.165, 1.54) is 15.6 Å². The summed E-state index contributed by atoms with van der Waals surface area (Å²) in [5, 5.41) is -0.379. The van der Waals surface area contributed by atoms with Gasteiger partial charge in [0.25, 0.3) is 0 Å². The molecule has 0 radical (unpaired) electrons. The van der Waals surface area contributed by atoms with E-state index in [4.69, 9.17) is 0 Å². The molecule has 0 bridgehead atoms. The fourth-order valence-corrected chi connectivity index (χ4v) is 3.07. The molecule has 0 N–H and O–H groups in total. The molecule has 0 amide bonds. The van der Waals surface area contributed by atoms with Gasteiger partial charge in [0.2, 0.25) is 10.0 Å². The van der Waals surface area contributed by atoms with Gasteiger partial charge in [-0.15, -0.1) is 11.3 Å².